The summed E-state index contributed by atoms with van der Waals surface area (Å²) < 4.78 is 106. The Morgan fingerprint density at radius 2 is 1.09 bits per heavy atom. The van der Waals surface area contributed by atoms with Crippen LogP contribution in [-0.4, -0.2) is 59.8 Å². The first-order valence-electron chi connectivity index (χ1n) is 14.5. The van der Waals surface area contributed by atoms with Gasteiger partial charge >= 0.3 is 24.3 Å². The molecule has 0 spiro atoms. The molecule has 3 atom stereocenters. The van der Waals surface area contributed by atoms with Crippen molar-refractivity contribution in [2.24, 2.45) is 5.92 Å². The quantitative estimate of drug-likeness (QED) is 0.104. The molecule has 3 rings (SSSR count). The van der Waals surface area contributed by atoms with E-state index >= 15 is 0 Å². The third-order valence-corrected chi connectivity index (χ3v) is 10.6. The van der Waals surface area contributed by atoms with Crippen molar-refractivity contribution in [3.63, 3.8) is 0 Å². The van der Waals surface area contributed by atoms with E-state index in [-0.39, 0.29) is 6.42 Å². The molecule has 0 saturated carbocycles. The minimum atomic E-state index is -5.21. The van der Waals surface area contributed by atoms with E-state index in [4.69, 9.17) is 18.9 Å². The van der Waals surface area contributed by atoms with E-state index in [1.807, 2.05) is 49.1 Å². The Morgan fingerprint density at radius 3 is 1.49 bits per heavy atom. The summed E-state index contributed by atoms with van der Waals surface area (Å²) in [6, 6.07) is 21.9. The van der Waals surface area contributed by atoms with Crippen LogP contribution in [0.5, 0.6) is 0 Å². The number of hydrogen-bond acceptors (Lipinski definition) is 6. The van der Waals surface area contributed by atoms with Gasteiger partial charge in [0, 0.05) is 31.3 Å². The summed E-state index contributed by atoms with van der Waals surface area (Å²) in [6.07, 6.45) is -8.98. The van der Waals surface area contributed by atoms with Gasteiger partial charge in [-0.15, -0.1) is 0 Å². The molecule has 3 aromatic carbocycles. The molecule has 0 aromatic heterocycles. The fourth-order valence-corrected chi connectivity index (χ4v) is 7.04. The highest BCUT2D eigenvalue weighted by molar-refractivity contribution is 6.93. The molecule has 0 amide bonds. The Hall–Kier alpha value is -3.94. The number of esters is 2. The Morgan fingerprint density at radius 1 is 0.681 bits per heavy atom. The molecule has 254 valence electrons. The molecule has 0 N–H and O–H groups in total. The van der Waals surface area contributed by atoms with E-state index in [9.17, 15) is 35.9 Å². The maximum atomic E-state index is 14.4. The number of methoxy groups -OCH3 is 2. The van der Waals surface area contributed by atoms with Crippen LogP contribution in [0.4, 0.5) is 26.3 Å². The predicted molar refractivity (Wildman–Crippen MR) is 165 cm³/mol. The average molecular weight is 683 g/mol. The summed E-state index contributed by atoms with van der Waals surface area (Å²) in [4.78, 5) is 26.2. The van der Waals surface area contributed by atoms with E-state index in [1.165, 1.54) is 36.4 Å². The van der Waals surface area contributed by atoms with Gasteiger partial charge in [0.1, 0.15) is 8.07 Å². The Balaban J connectivity index is 1.89. The van der Waals surface area contributed by atoms with Gasteiger partial charge in [0.2, 0.25) is 0 Å². The second-order valence-corrected chi connectivity index (χ2v) is 15.6. The maximum absolute atomic E-state index is 14.4. The lowest BCUT2D eigenvalue weighted by Crippen LogP contribution is -2.52. The number of carbonyl (C=O) groups is 2. The van der Waals surface area contributed by atoms with Crippen LogP contribution in [0.25, 0.3) is 0 Å². The predicted octanol–water partition coefficient (Wildman–Crippen LogP) is 7.00. The average Bonchev–Trinajstić information content (AvgIpc) is 3.03. The first-order valence-corrected chi connectivity index (χ1v) is 17.6. The zero-order chi connectivity index (χ0) is 34.9. The van der Waals surface area contributed by atoms with E-state index in [2.05, 4.69) is 0 Å². The lowest BCUT2D eigenvalue weighted by Gasteiger charge is -2.33. The lowest BCUT2D eigenvalue weighted by atomic mass is 9.92. The summed E-state index contributed by atoms with van der Waals surface area (Å²) in [7, 11) is -0.820. The summed E-state index contributed by atoms with van der Waals surface area (Å²) in [5, 5.41) is 1.02. The Bertz CT molecular complexity index is 1480. The standard InChI is InChI=1S/C34H36F6O6Si/c1-43-31(33(35,36)37,26-14-8-5-9-15-26)29(41)45-22-20-25(21-23-47(3,4)28-18-12-7-13-19-28)24-46-30(42)32(44-2,34(38,39)40)27-16-10-6-11-17-27/h5-19,21,23,25H,20,22,24H2,1-4H3/b23-21-/t25-,31-,32-/m1/s1. The number of rotatable bonds is 14. The molecule has 6 nitrogen and oxygen atoms in total. The van der Waals surface area contributed by atoms with E-state index in [1.54, 1.807) is 6.08 Å². The minimum absolute atomic E-state index is 0.196. The highest BCUT2D eigenvalue weighted by Crippen LogP contribution is 2.44. The summed E-state index contributed by atoms with van der Waals surface area (Å²) >= 11 is 0. The van der Waals surface area contributed by atoms with Crippen molar-refractivity contribution in [2.75, 3.05) is 27.4 Å². The zero-order valence-electron chi connectivity index (χ0n) is 26.2. The third kappa shape index (κ3) is 8.14. The van der Waals surface area contributed by atoms with Crippen molar-refractivity contribution in [3.8, 4) is 0 Å². The maximum Gasteiger partial charge on any atom is 0.432 e. The molecular formula is C34H36F6O6Si. The van der Waals surface area contributed by atoms with Crippen molar-refractivity contribution in [1.29, 1.82) is 0 Å². The number of halogens is 6. The molecule has 47 heavy (non-hydrogen) atoms. The van der Waals surface area contributed by atoms with Gasteiger partial charge in [-0.05, 0) is 6.42 Å². The van der Waals surface area contributed by atoms with E-state index in [0.29, 0.717) is 0 Å². The number of alkyl halides is 6. The monoisotopic (exact) mass is 682 g/mol. The number of ether oxygens (including phenoxy) is 4. The fourth-order valence-electron chi connectivity index (χ4n) is 5.04. The third-order valence-electron chi connectivity index (χ3n) is 7.80. The molecule has 0 saturated heterocycles. The molecule has 0 aliphatic rings. The first kappa shape index (κ1) is 37.5. The molecular weight excluding hydrogens is 646 g/mol. The fraction of sp³-hybridized carbons (Fsp3) is 0.353. The van der Waals surface area contributed by atoms with Gasteiger partial charge in [-0.1, -0.05) is 121 Å². The zero-order valence-corrected chi connectivity index (χ0v) is 27.2. The van der Waals surface area contributed by atoms with Crippen LogP contribution in [0.2, 0.25) is 13.1 Å². The van der Waals surface area contributed by atoms with Gasteiger partial charge in [0.25, 0.3) is 11.2 Å². The molecule has 0 aliphatic carbocycles. The molecule has 0 aliphatic heterocycles. The topological polar surface area (TPSA) is 71.1 Å². The lowest BCUT2D eigenvalue weighted by molar-refractivity contribution is -0.278. The Labute approximate surface area is 270 Å². The highest BCUT2D eigenvalue weighted by atomic mass is 28.3. The molecule has 0 heterocycles. The van der Waals surface area contributed by atoms with Crippen molar-refractivity contribution >= 4 is 25.2 Å². The van der Waals surface area contributed by atoms with Crippen LogP contribution in [-0.2, 0) is 39.7 Å². The van der Waals surface area contributed by atoms with Gasteiger partial charge in [-0.2, -0.15) is 26.3 Å². The van der Waals surface area contributed by atoms with Crippen LogP contribution in [0, 0.1) is 5.92 Å². The minimum Gasteiger partial charge on any atom is -0.463 e. The van der Waals surface area contributed by atoms with Gasteiger partial charge in [0.15, 0.2) is 0 Å². The molecule has 0 fully saturated rings. The van der Waals surface area contributed by atoms with Crippen molar-refractivity contribution in [3.05, 3.63) is 114 Å². The smallest absolute Gasteiger partial charge is 0.432 e. The molecule has 3 aromatic rings. The molecule has 0 bridgehead atoms. The largest absolute Gasteiger partial charge is 0.463 e. The Kier molecular flexibility index (Phi) is 12.2. The van der Waals surface area contributed by atoms with E-state index in [0.717, 1.165) is 43.7 Å². The molecule has 0 radical (unpaired) electrons. The number of carbonyl (C=O) groups excluding carboxylic acids is 2. The normalized spacial score (nSPS) is 15.8. The van der Waals surface area contributed by atoms with Crippen LogP contribution in [0.1, 0.15) is 17.5 Å². The SMILES string of the molecule is CO[C@@](C(=O)OCC[C@H](/C=C\[Si](C)(C)c1ccccc1)COC(=O)[C@](OC)(c1ccccc1)C(F)(F)F)(c1ccccc1)C(F)(F)F. The van der Waals surface area contributed by atoms with Crippen molar-refractivity contribution in [1.82, 2.24) is 0 Å². The van der Waals surface area contributed by atoms with Crippen LogP contribution < -0.4 is 5.19 Å². The second kappa shape index (κ2) is 15.3. The van der Waals surface area contributed by atoms with Gasteiger partial charge in [-0.25, -0.2) is 9.59 Å². The van der Waals surface area contributed by atoms with Crippen LogP contribution in [0.15, 0.2) is 103 Å². The second-order valence-electron chi connectivity index (χ2n) is 11.2. The highest BCUT2D eigenvalue weighted by Gasteiger charge is 2.65. The van der Waals surface area contributed by atoms with Crippen LogP contribution >= 0.6 is 0 Å². The summed E-state index contributed by atoms with van der Waals surface area (Å²) in [6.45, 7) is 2.80. The van der Waals surface area contributed by atoms with Gasteiger partial charge in [-0.3, -0.25) is 0 Å². The van der Waals surface area contributed by atoms with E-state index < -0.39 is 73.8 Å². The van der Waals surface area contributed by atoms with Crippen LogP contribution in [0.3, 0.4) is 0 Å². The summed E-state index contributed by atoms with van der Waals surface area (Å²) in [5.74, 6) is -4.31. The van der Waals surface area contributed by atoms with Gasteiger partial charge < -0.3 is 18.9 Å². The number of benzene rings is 3. The van der Waals surface area contributed by atoms with Crippen molar-refractivity contribution < 1.29 is 54.9 Å². The summed E-state index contributed by atoms with van der Waals surface area (Å²) in [5.41, 5.74) is -5.98. The molecule has 0 unspecified atom stereocenters. The number of hydrogen-bond donors (Lipinski definition) is 0. The molecule has 13 heteroatoms. The van der Waals surface area contributed by atoms with Gasteiger partial charge in [0.05, 0.1) is 13.2 Å². The van der Waals surface area contributed by atoms with Crippen molar-refractivity contribution in [2.45, 2.75) is 43.1 Å². The first-order chi connectivity index (χ1) is 22.1.